The van der Waals surface area contributed by atoms with E-state index in [0.717, 1.165) is 10.0 Å². The van der Waals surface area contributed by atoms with Crippen LogP contribution in [0.1, 0.15) is 5.56 Å². The zero-order chi connectivity index (χ0) is 8.97. The molecule has 0 radical (unpaired) electrons. The summed E-state index contributed by atoms with van der Waals surface area (Å²) in [5, 5.41) is 8.24. The molecule has 0 aliphatic carbocycles. The Labute approximate surface area is 78.7 Å². The molecular formula is C8H6BrN3. The first kappa shape index (κ1) is 8.75. The van der Waals surface area contributed by atoms with Crippen LogP contribution in [-0.4, -0.2) is 5.84 Å². The summed E-state index contributed by atoms with van der Waals surface area (Å²) in [4.78, 5) is 3.42. The third-order valence-electron chi connectivity index (χ3n) is 1.29. The van der Waals surface area contributed by atoms with E-state index in [0.29, 0.717) is 0 Å². The van der Waals surface area contributed by atoms with Gasteiger partial charge >= 0.3 is 0 Å². The van der Waals surface area contributed by atoms with Crippen molar-refractivity contribution < 1.29 is 0 Å². The van der Waals surface area contributed by atoms with Crippen LogP contribution in [0.5, 0.6) is 0 Å². The molecule has 0 spiro atoms. The number of hydrogen-bond acceptors (Lipinski definition) is 2. The fourth-order valence-corrected chi connectivity index (χ4v) is 1.17. The first-order chi connectivity index (χ1) is 5.74. The highest BCUT2D eigenvalue weighted by atomic mass is 79.9. The van der Waals surface area contributed by atoms with Crippen molar-refractivity contribution in [3.05, 3.63) is 34.3 Å². The molecule has 0 unspecified atom stereocenters. The molecule has 0 heterocycles. The predicted molar refractivity (Wildman–Crippen MR) is 50.5 cm³/mol. The second-order valence-corrected chi connectivity index (χ2v) is 3.02. The number of nitrogens with zero attached hydrogens (tertiary/aromatic N) is 2. The lowest BCUT2D eigenvalue weighted by molar-refractivity contribution is 1.41. The molecule has 0 aliphatic heterocycles. The summed E-state index contributed by atoms with van der Waals surface area (Å²) in [7, 11) is 0. The van der Waals surface area contributed by atoms with Gasteiger partial charge in [-0.25, -0.2) is 0 Å². The topological polar surface area (TPSA) is 62.2 Å². The fourth-order valence-electron chi connectivity index (χ4n) is 0.766. The molecular weight excluding hydrogens is 218 g/mol. The van der Waals surface area contributed by atoms with E-state index in [1.54, 1.807) is 18.3 Å². The van der Waals surface area contributed by atoms with Crippen LogP contribution in [0.2, 0.25) is 0 Å². The number of nitrogens with two attached hydrogens (primary N) is 1. The van der Waals surface area contributed by atoms with Crippen LogP contribution in [0.4, 0.5) is 0 Å². The number of halogens is 1. The van der Waals surface area contributed by atoms with Gasteiger partial charge in [0.15, 0.2) is 0 Å². The Balaban J connectivity index is 3.05. The van der Waals surface area contributed by atoms with Crippen LogP contribution in [0.3, 0.4) is 0 Å². The lowest BCUT2D eigenvalue weighted by atomic mass is 10.2. The van der Waals surface area contributed by atoms with Crippen LogP contribution < -0.4 is 5.73 Å². The highest BCUT2D eigenvalue weighted by Crippen LogP contribution is 2.10. The van der Waals surface area contributed by atoms with Gasteiger partial charge in [0.1, 0.15) is 5.84 Å². The van der Waals surface area contributed by atoms with E-state index in [1.165, 1.54) is 0 Å². The normalized spacial score (nSPS) is 10.8. The minimum absolute atomic E-state index is 0.235. The first-order valence-corrected chi connectivity index (χ1v) is 4.01. The average Bonchev–Trinajstić information content (AvgIpc) is 2.05. The van der Waals surface area contributed by atoms with Gasteiger partial charge in [-0.05, 0) is 12.1 Å². The third kappa shape index (κ3) is 2.07. The Morgan fingerprint density at radius 2 is 2.33 bits per heavy atom. The van der Waals surface area contributed by atoms with Crippen molar-refractivity contribution >= 4 is 21.8 Å². The molecule has 4 heteroatoms. The molecule has 1 aromatic rings. The SMILES string of the molecule is N#CN=C(N)c1cccc(Br)c1. The number of nitriles is 1. The van der Waals surface area contributed by atoms with E-state index in [4.69, 9.17) is 11.0 Å². The Morgan fingerprint density at radius 1 is 1.58 bits per heavy atom. The Kier molecular flexibility index (Phi) is 2.83. The molecule has 0 bridgehead atoms. The van der Waals surface area contributed by atoms with Crippen molar-refractivity contribution in [1.82, 2.24) is 0 Å². The van der Waals surface area contributed by atoms with Gasteiger partial charge in [0.05, 0.1) is 0 Å². The van der Waals surface area contributed by atoms with E-state index in [9.17, 15) is 0 Å². The summed E-state index contributed by atoms with van der Waals surface area (Å²) < 4.78 is 0.913. The summed E-state index contributed by atoms with van der Waals surface area (Å²) in [5.74, 6) is 0.235. The molecule has 0 aromatic heterocycles. The molecule has 0 saturated heterocycles. The van der Waals surface area contributed by atoms with Gasteiger partial charge in [0, 0.05) is 10.0 Å². The maximum Gasteiger partial charge on any atom is 0.207 e. The van der Waals surface area contributed by atoms with Crippen LogP contribution in [0.15, 0.2) is 33.7 Å². The van der Waals surface area contributed by atoms with Crippen LogP contribution in [0, 0.1) is 11.5 Å². The summed E-state index contributed by atoms with van der Waals surface area (Å²) >= 11 is 3.29. The van der Waals surface area contributed by atoms with E-state index in [2.05, 4.69) is 20.9 Å². The molecule has 0 atom stereocenters. The number of amidine groups is 1. The van der Waals surface area contributed by atoms with Gasteiger partial charge in [0.2, 0.25) is 6.19 Å². The molecule has 1 aromatic carbocycles. The zero-order valence-electron chi connectivity index (χ0n) is 6.16. The molecule has 0 aliphatic rings. The molecule has 0 fully saturated rings. The van der Waals surface area contributed by atoms with E-state index in [-0.39, 0.29) is 5.84 Å². The second-order valence-electron chi connectivity index (χ2n) is 2.11. The number of aliphatic imine (C=N–C) groups is 1. The van der Waals surface area contributed by atoms with Gasteiger partial charge in [-0.15, -0.1) is 0 Å². The molecule has 0 saturated carbocycles. The first-order valence-electron chi connectivity index (χ1n) is 3.22. The molecule has 3 nitrogen and oxygen atoms in total. The number of rotatable bonds is 1. The van der Waals surface area contributed by atoms with Gasteiger partial charge in [-0.1, -0.05) is 28.1 Å². The highest BCUT2D eigenvalue weighted by molar-refractivity contribution is 9.10. The lowest BCUT2D eigenvalue weighted by Gasteiger charge is -1.97. The monoisotopic (exact) mass is 223 g/mol. The van der Waals surface area contributed by atoms with Gasteiger partial charge < -0.3 is 5.73 Å². The minimum atomic E-state index is 0.235. The summed E-state index contributed by atoms with van der Waals surface area (Å²) in [6.07, 6.45) is 1.63. The van der Waals surface area contributed by atoms with Crippen molar-refractivity contribution in [1.29, 1.82) is 5.26 Å². The predicted octanol–water partition coefficient (Wildman–Crippen LogP) is 1.64. The number of hydrogen-bond donors (Lipinski definition) is 1. The molecule has 2 N–H and O–H groups in total. The summed E-state index contributed by atoms with van der Waals surface area (Å²) in [6.45, 7) is 0. The van der Waals surface area contributed by atoms with Gasteiger partial charge in [-0.2, -0.15) is 10.3 Å². The summed E-state index contributed by atoms with van der Waals surface area (Å²) in [6, 6.07) is 7.30. The fraction of sp³-hybridized carbons (Fsp3) is 0. The Morgan fingerprint density at radius 3 is 2.92 bits per heavy atom. The lowest BCUT2D eigenvalue weighted by Crippen LogP contribution is -2.12. The zero-order valence-corrected chi connectivity index (χ0v) is 7.75. The molecule has 0 amide bonds. The van der Waals surface area contributed by atoms with Gasteiger partial charge in [-0.3, -0.25) is 0 Å². The van der Waals surface area contributed by atoms with Crippen molar-refractivity contribution in [3.8, 4) is 6.19 Å². The maximum atomic E-state index is 8.24. The quantitative estimate of drug-likeness (QED) is 0.447. The largest absolute Gasteiger partial charge is 0.383 e. The summed E-state index contributed by atoms with van der Waals surface area (Å²) in [5.41, 5.74) is 6.22. The molecule has 1 rings (SSSR count). The highest BCUT2D eigenvalue weighted by Gasteiger charge is 1.97. The van der Waals surface area contributed by atoms with E-state index in [1.807, 2.05) is 12.1 Å². The van der Waals surface area contributed by atoms with Crippen LogP contribution in [0.25, 0.3) is 0 Å². The van der Waals surface area contributed by atoms with Crippen LogP contribution >= 0.6 is 15.9 Å². The average molecular weight is 224 g/mol. The van der Waals surface area contributed by atoms with Crippen molar-refractivity contribution in [2.45, 2.75) is 0 Å². The Bertz CT molecular complexity index is 352. The third-order valence-corrected chi connectivity index (χ3v) is 1.78. The molecule has 12 heavy (non-hydrogen) atoms. The second kappa shape index (κ2) is 3.88. The van der Waals surface area contributed by atoms with Gasteiger partial charge in [0.25, 0.3) is 0 Å². The van der Waals surface area contributed by atoms with Crippen LogP contribution in [-0.2, 0) is 0 Å². The number of benzene rings is 1. The van der Waals surface area contributed by atoms with Crippen molar-refractivity contribution in [2.24, 2.45) is 10.7 Å². The smallest absolute Gasteiger partial charge is 0.207 e. The molecule has 60 valence electrons. The van der Waals surface area contributed by atoms with E-state index >= 15 is 0 Å². The van der Waals surface area contributed by atoms with Crippen molar-refractivity contribution in [3.63, 3.8) is 0 Å². The Hall–Kier alpha value is -1.34. The maximum absolute atomic E-state index is 8.24. The van der Waals surface area contributed by atoms with Crippen molar-refractivity contribution in [2.75, 3.05) is 0 Å². The van der Waals surface area contributed by atoms with E-state index < -0.39 is 0 Å². The minimum Gasteiger partial charge on any atom is -0.383 e. The standard InChI is InChI=1S/C8H6BrN3/c9-7-3-1-2-6(4-7)8(11)12-5-10/h1-4H,(H2,11,12).